The molecule has 10 heteroatoms. The number of nitrogens with one attached hydrogen (secondary N) is 1. The molecule has 0 atom stereocenters. The third-order valence-corrected chi connectivity index (χ3v) is 7.10. The summed E-state index contributed by atoms with van der Waals surface area (Å²) in [6, 6.07) is 18.0. The average Bonchev–Trinajstić information content (AvgIpc) is 3.29. The highest BCUT2D eigenvalue weighted by Crippen LogP contribution is 2.35. The number of methoxy groups -OCH3 is 2. The van der Waals surface area contributed by atoms with Crippen molar-refractivity contribution in [3.05, 3.63) is 71.9 Å². The summed E-state index contributed by atoms with van der Waals surface area (Å²) < 4.78 is 9.88. The van der Waals surface area contributed by atoms with E-state index in [0.29, 0.717) is 16.3 Å². The summed E-state index contributed by atoms with van der Waals surface area (Å²) in [5.74, 6) is 0.361. The zero-order valence-corrected chi connectivity index (χ0v) is 20.9. The van der Waals surface area contributed by atoms with Crippen LogP contribution in [0.5, 0.6) is 5.75 Å². The number of thiazole rings is 1. The lowest BCUT2D eigenvalue weighted by molar-refractivity contribution is -0.113. The van der Waals surface area contributed by atoms with E-state index in [-0.39, 0.29) is 11.7 Å². The molecule has 0 saturated heterocycles. The van der Waals surface area contributed by atoms with Crippen molar-refractivity contribution in [1.82, 2.24) is 15.2 Å². The summed E-state index contributed by atoms with van der Waals surface area (Å²) in [5.41, 5.74) is 3.64. The van der Waals surface area contributed by atoms with Gasteiger partial charge >= 0.3 is 5.97 Å². The number of hydrogen-bond donors (Lipinski definition) is 1. The molecule has 0 spiro atoms. The predicted octanol–water partition coefficient (Wildman–Crippen LogP) is 5.10. The number of carbonyl (C=O) groups is 2. The molecule has 0 bridgehead atoms. The second kappa shape index (κ2) is 11.1. The van der Waals surface area contributed by atoms with Crippen molar-refractivity contribution >= 4 is 40.7 Å². The molecule has 0 saturated carbocycles. The van der Waals surface area contributed by atoms with Crippen molar-refractivity contribution in [2.24, 2.45) is 0 Å². The van der Waals surface area contributed by atoms with Gasteiger partial charge in [0.1, 0.15) is 21.5 Å². The van der Waals surface area contributed by atoms with E-state index in [0.717, 1.165) is 32.6 Å². The van der Waals surface area contributed by atoms with Crippen LogP contribution in [0.25, 0.3) is 21.1 Å². The van der Waals surface area contributed by atoms with Crippen LogP contribution in [0, 0.1) is 6.92 Å². The van der Waals surface area contributed by atoms with Crippen LogP contribution in [0.2, 0.25) is 0 Å². The fraction of sp³-hybridized carbons (Fsp3) is 0.160. The van der Waals surface area contributed by atoms with Gasteiger partial charge in [-0.15, -0.1) is 21.5 Å². The molecule has 1 amide bonds. The van der Waals surface area contributed by atoms with Gasteiger partial charge in [-0.25, -0.2) is 9.78 Å². The molecule has 4 rings (SSSR count). The number of aryl methyl sites for hydroxylation is 1. The Kier molecular flexibility index (Phi) is 7.74. The molecular formula is C25H22N4O4S2. The summed E-state index contributed by atoms with van der Waals surface area (Å²) in [6.07, 6.45) is 0. The number of ether oxygens (including phenoxy) is 2. The van der Waals surface area contributed by atoms with E-state index in [9.17, 15) is 9.59 Å². The first-order valence-corrected chi connectivity index (χ1v) is 12.3. The first kappa shape index (κ1) is 24.4. The SMILES string of the molecule is COC(=O)c1ccc(NC(=O)CSc2ccc(-c3sc(-c4ccc(OC)cc4)nc3C)nn2)cc1. The maximum absolute atomic E-state index is 12.3. The number of aromatic nitrogens is 3. The molecule has 2 aromatic heterocycles. The predicted molar refractivity (Wildman–Crippen MR) is 137 cm³/mol. The van der Waals surface area contributed by atoms with Crippen molar-refractivity contribution < 1.29 is 19.1 Å². The summed E-state index contributed by atoms with van der Waals surface area (Å²) in [4.78, 5) is 29.4. The van der Waals surface area contributed by atoms with E-state index < -0.39 is 5.97 Å². The van der Waals surface area contributed by atoms with Crippen molar-refractivity contribution in [2.45, 2.75) is 11.9 Å². The van der Waals surface area contributed by atoms with Gasteiger partial charge in [-0.3, -0.25) is 4.79 Å². The fourth-order valence-electron chi connectivity index (χ4n) is 3.15. The minimum absolute atomic E-state index is 0.175. The number of rotatable bonds is 8. The molecular weight excluding hydrogens is 484 g/mol. The topological polar surface area (TPSA) is 103 Å². The van der Waals surface area contributed by atoms with Gasteiger partial charge in [0.2, 0.25) is 5.91 Å². The highest BCUT2D eigenvalue weighted by Gasteiger charge is 2.14. The molecule has 0 unspecified atom stereocenters. The van der Waals surface area contributed by atoms with Crippen LogP contribution < -0.4 is 10.1 Å². The fourth-order valence-corrected chi connectivity index (χ4v) is 4.80. The van der Waals surface area contributed by atoms with E-state index in [1.165, 1.54) is 18.9 Å². The van der Waals surface area contributed by atoms with E-state index in [2.05, 4.69) is 25.2 Å². The monoisotopic (exact) mass is 506 g/mol. The van der Waals surface area contributed by atoms with Crippen LogP contribution >= 0.6 is 23.1 Å². The van der Waals surface area contributed by atoms with Crippen molar-refractivity contribution in [3.8, 4) is 26.9 Å². The minimum Gasteiger partial charge on any atom is -0.497 e. The second-order valence-corrected chi connectivity index (χ2v) is 9.32. The molecule has 178 valence electrons. The molecule has 0 fully saturated rings. The molecule has 4 aromatic rings. The Bertz CT molecular complexity index is 1320. The standard InChI is InChI=1S/C25H22N4O4S2/c1-15-23(35-24(26-15)16-6-10-19(32-2)11-7-16)20-12-13-22(29-28-20)34-14-21(30)27-18-8-4-17(5-9-18)25(31)33-3/h4-13H,14H2,1-3H3,(H,27,30). The lowest BCUT2D eigenvalue weighted by Gasteiger charge is -2.06. The largest absolute Gasteiger partial charge is 0.497 e. The summed E-state index contributed by atoms with van der Waals surface area (Å²) in [5, 5.41) is 12.9. The Hall–Kier alpha value is -3.76. The van der Waals surface area contributed by atoms with E-state index in [1.54, 1.807) is 42.7 Å². The lowest BCUT2D eigenvalue weighted by Crippen LogP contribution is -2.14. The van der Waals surface area contributed by atoms with Gasteiger partial charge < -0.3 is 14.8 Å². The first-order chi connectivity index (χ1) is 17.0. The molecule has 0 aliphatic carbocycles. The highest BCUT2D eigenvalue weighted by atomic mass is 32.2. The van der Waals surface area contributed by atoms with Gasteiger partial charge in [-0.1, -0.05) is 11.8 Å². The Labute approximate surface area is 210 Å². The maximum Gasteiger partial charge on any atom is 0.337 e. The van der Waals surface area contributed by atoms with Gasteiger partial charge in [0, 0.05) is 11.3 Å². The smallest absolute Gasteiger partial charge is 0.337 e. The molecule has 2 heterocycles. The third kappa shape index (κ3) is 6.03. The van der Waals surface area contributed by atoms with Crippen LogP contribution in [0.1, 0.15) is 16.1 Å². The minimum atomic E-state index is -0.425. The Balaban J connectivity index is 1.35. The van der Waals surface area contributed by atoms with Crippen LogP contribution in [0.4, 0.5) is 5.69 Å². The number of carbonyl (C=O) groups excluding carboxylic acids is 2. The van der Waals surface area contributed by atoms with Gasteiger partial charge in [0.15, 0.2) is 0 Å². The van der Waals surface area contributed by atoms with E-state index in [1.807, 2.05) is 43.3 Å². The number of anilines is 1. The highest BCUT2D eigenvalue weighted by molar-refractivity contribution is 7.99. The van der Waals surface area contributed by atoms with Crippen molar-refractivity contribution in [1.29, 1.82) is 0 Å². The van der Waals surface area contributed by atoms with Gasteiger partial charge in [-0.05, 0) is 67.6 Å². The summed E-state index contributed by atoms with van der Waals surface area (Å²) >= 11 is 2.84. The lowest BCUT2D eigenvalue weighted by atomic mass is 10.2. The number of nitrogens with zero attached hydrogens (tertiary/aromatic N) is 3. The molecule has 2 aromatic carbocycles. The second-order valence-electron chi connectivity index (χ2n) is 7.32. The Morgan fingerprint density at radius 3 is 2.34 bits per heavy atom. The van der Waals surface area contributed by atoms with Gasteiger partial charge in [0.05, 0.1) is 36.1 Å². The Morgan fingerprint density at radius 1 is 0.971 bits per heavy atom. The van der Waals surface area contributed by atoms with Gasteiger partial charge in [-0.2, -0.15) is 0 Å². The third-order valence-electron chi connectivity index (χ3n) is 4.95. The summed E-state index contributed by atoms with van der Waals surface area (Å²) in [6.45, 7) is 1.95. The summed E-state index contributed by atoms with van der Waals surface area (Å²) in [7, 11) is 2.96. The molecule has 0 aliphatic rings. The van der Waals surface area contributed by atoms with Crippen molar-refractivity contribution in [3.63, 3.8) is 0 Å². The van der Waals surface area contributed by atoms with Crippen LogP contribution in [0.3, 0.4) is 0 Å². The zero-order valence-electron chi connectivity index (χ0n) is 19.3. The number of esters is 1. The normalized spacial score (nSPS) is 10.6. The van der Waals surface area contributed by atoms with E-state index in [4.69, 9.17) is 4.74 Å². The number of benzene rings is 2. The molecule has 8 nitrogen and oxygen atoms in total. The molecule has 1 N–H and O–H groups in total. The first-order valence-electron chi connectivity index (χ1n) is 10.5. The Morgan fingerprint density at radius 2 is 1.71 bits per heavy atom. The number of thioether (sulfide) groups is 1. The quantitative estimate of drug-likeness (QED) is 0.260. The van der Waals surface area contributed by atoms with Crippen LogP contribution in [-0.4, -0.2) is 47.0 Å². The number of amides is 1. The van der Waals surface area contributed by atoms with Gasteiger partial charge in [0.25, 0.3) is 0 Å². The van der Waals surface area contributed by atoms with Crippen LogP contribution in [-0.2, 0) is 9.53 Å². The average molecular weight is 507 g/mol. The molecule has 0 radical (unpaired) electrons. The maximum atomic E-state index is 12.3. The van der Waals surface area contributed by atoms with E-state index >= 15 is 0 Å². The van der Waals surface area contributed by atoms with Crippen LogP contribution in [0.15, 0.2) is 65.7 Å². The molecule has 0 aliphatic heterocycles. The molecule has 35 heavy (non-hydrogen) atoms. The van der Waals surface area contributed by atoms with Crippen molar-refractivity contribution in [2.75, 3.05) is 25.3 Å². The zero-order chi connectivity index (χ0) is 24.8. The number of hydrogen-bond acceptors (Lipinski definition) is 9.